The maximum atomic E-state index is 12.9. The molecule has 0 bridgehead atoms. The van der Waals surface area contributed by atoms with Crippen molar-refractivity contribution in [2.45, 2.75) is 11.8 Å². The lowest BCUT2D eigenvalue weighted by atomic mass is 10.2. The predicted molar refractivity (Wildman–Crippen MR) is 80.2 cm³/mol. The van der Waals surface area contributed by atoms with Crippen molar-refractivity contribution in [3.05, 3.63) is 60.0 Å². The highest BCUT2D eigenvalue weighted by Gasteiger charge is 2.14. The molecule has 4 nitrogen and oxygen atoms in total. The minimum Gasteiger partial charge on any atom is -0.359 e. The first-order valence-corrected chi connectivity index (χ1v) is 7.80. The Labute approximate surface area is 121 Å². The van der Waals surface area contributed by atoms with Gasteiger partial charge in [-0.15, -0.1) is 0 Å². The van der Waals surface area contributed by atoms with Gasteiger partial charge in [-0.2, -0.15) is 0 Å². The second-order valence-corrected chi connectivity index (χ2v) is 6.50. The van der Waals surface area contributed by atoms with Crippen LogP contribution in [-0.4, -0.2) is 13.4 Å². The van der Waals surface area contributed by atoms with E-state index in [4.69, 9.17) is 0 Å². The van der Waals surface area contributed by atoms with E-state index in [2.05, 4.69) is 9.71 Å². The van der Waals surface area contributed by atoms with Gasteiger partial charge in [0.25, 0.3) is 10.0 Å². The van der Waals surface area contributed by atoms with E-state index in [-0.39, 0.29) is 4.90 Å². The standard InChI is InChI=1S/C15H13FN2O2S/c1-10-8-11-9-13(4-7-15(11)17-10)18-21(19,20)14-5-2-12(16)3-6-14/h2-9,17-18H,1H3. The summed E-state index contributed by atoms with van der Waals surface area (Å²) in [5, 5.41) is 0.923. The molecule has 1 heterocycles. The molecule has 2 N–H and O–H groups in total. The van der Waals surface area contributed by atoms with Crippen LogP contribution in [0.15, 0.2) is 53.4 Å². The van der Waals surface area contributed by atoms with Crippen LogP contribution in [0.5, 0.6) is 0 Å². The van der Waals surface area contributed by atoms with Crippen molar-refractivity contribution >= 4 is 26.6 Å². The maximum Gasteiger partial charge on any atom is 0.261 e. The number of H-pyrrole nitrogens is 1. The Kier molecular flexibility index (Phi) is 3.17. The van der Waals surface area contributed by atoms with Gasteiger partial charge in [-0.25, -0.2) is 12.8 Å². The van der Waals surface area contributed by atoms with Gasteiger partial charge < -0.3 is 4.98 Å². The number of nitrogens with one attached hydrogen (secondary N) is 2. The Balaban J connectivity index is 1.94. The van der Waals surface area contributed by atoms with Crippen LogP contribution in [-0.2, 0) is 10.0 Å². The summed E-state index contributed by atoms with van der Waals surface area (Å²) >= 11 is 0. The van der Waals surface area contributed by atoms with E-state index in [1.54, 1.807) is 12.1 Å². The zero-order valence-corrected chi connectivity index (χ0v) is 12.0. The molecule has 3 rings (SSSR count). The summed E-state index contributed by atoms with van der Waals surface area (Å²) in [6, 6.07) is 11.9. The Morgan fingerprint density at radius 2 is 1.76 bits per heavy atom. The number of aromatic nitrogens is 1. The SMILES string of the molecule is Cc1cc2cc(NS(=O)(=O)c3ccc(F)cc3)ccc2[nH]1. The number of aromatic amines is 1. The minimum atomic E-state index is -3.72. The summed E-state index contributed by atoms with van der Waals surface area (Å²) in [4.78, 5) is 3.19. The van der Waals surface area contributed by atoms with Gasteiger partial charge in [-0.3, -0.25) is 4.72 Å². The van der Waals surface area contributed by atoms with Gasteiger partial charge in [0.1, 0.15) is 5.82 Å². The zero-order chi connectivity index (χ0) is 15.0. The van der Waals surface area contributed by atoms with Crippen LogP contribution in [0.1, 0.15) is 5.69 Å². The molecule has 1 aromatic heterocycles. The Bertz CT molecular complexity index is 899. The molecule has 3 aromatic rings. The third-order valence-electron chi connectivity index (χ3n) is 3.13. The topological polar surface area (TPSA) is 62.0 Å². The number of aryl methyl sites for hydroxylation is 1. The first-order chi connectivity index (χ1) is 9.94. The van der Waals surface area contributed by atoms with Crippen molar-refractivity contribution < 1.29 is 12.8 Å². The summed E-state index contributed by atoms with van der Waals surface area (Å²) in [5.41, 5.74) is 2.41. The van der Waals surface area contributed by atoms with E-state index in [9.17, 15) is 12.8 Å². The van der Waals surface area contributed by atoms with Crippen LogP contribution >= 0.6 is 0 Å². The first kappa shape index (κ1) is 13.6. The van der Waals surface area contributed by atoms with Crippen LogP contribution in [0.4, 0.5) is 10.1 Å². The molecule has 108 valence electrons. The van der Waals surface area contributed by atoms with E-state index in [0.29, 0.717) is 5.69 Å². The first-order valence-electron chi connectivity index (χ1n) is 6.32. The molecule has 0 saturated heterocycles. The Hall–Kier alpha value is -2.34. The normalized spacial score (nSPS) is 11.7. The molecule has 0 radical (unpaired) electrons. The van der Waals surface area contributed by atoms with Gasteiger partial charge in [0.15, 0.2) is 0 Å². The Morgan fingerprint density at radius 3 is 2.48 bits per heavy atom. The number of benzene rings is 2. The van der Waals surface area contributed by atoms with E-state index >= 15 is 0 Å². The monoisotopic (exact) mass is 304 g/mol. The van der Waals surface area contributed by atoms with Crippen LogP contribution in [0.3, 0.4) is 0 Å². The zero-order valence-electron chi connectivity index (χ0n) is 11.2. The molecule has 0 spiro atoms. The highest BCUT2D eigenvalue weighted by molar-refractivity contribution is 7.92. The van der Waals surface area contributed by atoms with Crippen molar-refractivity contribution in [3.63, 3.8) is 0 Å². The molecular formula is C15H13FN2O2S. The van der Waals surface area contributed by atoms with Crippen molar-refractivity contribution in [3.8, 4) is 0 Å². The number of halogens is 1. The molecule has 0 aliphatic carbocycles. The van der Waals surface area contributed by atoms with E-state index in [1.165, 1.54) is 12.1 Å². The summed E-state index contributed by atoms with van der Waals surface area (Å²) in [6.07, 6.45) is 0. The van der Waals surface area contributed by atoms with Crippen molar-refractivity contribution in [1.29, 1.82) is 0 Å². The van der Waals surface area contributed by atoms with Gasteiger partial charge in [0.05, 0.1) is 4.90 Å². The van der Waals surface area contributed by atoms with E-state index in [1.807, 2.05) is 19.1 Å². The number of anilines is 1. The van der Waals surface area contributed by atoms with Crippen LogP contribution in [0.2, 0.25) is 0 Å². The van der Waals surface area contributed by atoms with E-state index < -0.39 is 15.8 Å². The lowest BCUT2D eigenvalue weighted by Gasteiger charge is -2.08. The lowest BCUT2D eigenvalue weighted by molar-refractivity contribution is 0.599. The highest BCUT2D eigenvalue weighted by Crippen LogP contribution is 2.22. The number of hydrogen-bond donors (Lipinski definition) is 2. The highest BCUT2D eigenvalue weighted by atomic mass is 32.2. The molecule has 0 unspecified atom stereocenters. The summed E-state index contributed by atoms with van der Waals surface area (Å²) in [7, 11) is -3.72. The fourth-order valence-corrected chi connectivity index (χ4v) is 3.22. The number of sulfonamides is 1. The Morgan fingerprint density at radius 1 is 1.05 bits per heavy atom. The quantitative estimate of drug-likeness (QED) is 0.779. The average Bonchev–Trinajstić information content (AvgIpc) is 2.78. The second-order valence-electron chi connectivity index (χ2n) is 4.81. The molecular weight excluding hydrogens is 291 g/mol. The molecule has 21 heavy (non-hydrogen) atoms. The number of rotatable bonds is 3. The molecule has 0 fully saturated rings. The predicted octanol–water partition coefficient (Wildman–Crippen LogP) is 3.42. The van der Waals surface area contributed by atoms with Crippen molar-refractivity contribution in [2.24, 2.45) is 0 Å². The van der Waals surface area contributed by atoms with Gasteiger partial charge >= 0.3 is 0 Å². The largest absolute Gasteiger partial charge is 0.359 e. The van der Waals surface area contributed by atoms with Crippen LogP contribution < -0.4 is 4.72 Å². The minimum absolute atomic E-state index is 0.0225. The average molecular weight is 304 g/mol. The lowest BCUT2D eigenvalue weighted by Crippen LogP contribution is -2.12. The van der Waals surface area contributed by atoms with Crippen molar-refractivity contribution in [1.82, 2.24) is 4.98 Å². The summed E-state index contributed by atoms with van der Waals surface area (Å²) in [5.74, 6) is -0.474. The molecule has 0 amide bonds. The maximum absolute atomic E-state index is 12.9. The molecule has 0 atom stereocenters. The molecule has 0 aliphatic rings. The number of fused-ring (bicyclic) bond motifs is 1. The van der Waals surface area contributed by atoms with Crippen LogP contribution in [0.25, 0.3) is 10.9 Å². The molecule has 2 aromatic carbocycles. The fraction of sp³-hybridized carbons (Fsp3) is 0.0667. The van der Waals surface area contributed by atoms with Crippen molar-refractivity contribution in [2.75, 3.05) is 4.72 Å². The van der Waals surface area contributed by atoms with Crippen LogP contribution in [0, 0.1) is 12.7 Å². The summed E-state index contributed by atoms with van der Waals surface area (Å²) in [6.45, 7) is 1.93. The number of hydrogen-bond acceptors (Lipinski definition) is 2. The smallest absolute Gasteiger partial charge is 0.261 e. The molecule has 0 saturated carbocycles. The van der Waals surface area contributed by atoms with E-state index in [0.717, 1.165) is 28.7 Å². The van der Waals surface area contributed by atoms with Gasteiger partial charge in [0.2, 0.25) is 0 Å². The van der Waals surface area contributed by atoms with Gasteiger partial charge in [-0.05, 0) is 55.5 Å². The molecule has 6 heteroatoms. The van der Waals surface area contributed by atoms with Gasteiger partial charge in [0, 0.05) is 22.3 Å². The fourth-order valence-electron chi connectivity index (χ4n) is 2.17. The molecule has 0 aliphatic heterocycles. The second kappa shape index (κ2) is 4.89. The van der Waals surface area contributed by atoms with Gasteiger partial charge in [-0.1, -0.05) is 0 Å². The third-order valence-corrected chi connectivity index (χ3v) is 4.53. The third kappa shape index (κ3) is 2.75. The summed E-state index contributed by atoms with van der Waals surface area (Å²) < 4.78 is 39.8.